The molecule has 0 radical (unpaired) electrons. The van der Waals surface area contributed by atoms with E-state index < -0.39 is 5.82 Å². The lowest BCUT2D eigenvalue weighted by Crippen LogP contribution is -1.87. The van der Waals surface area contributed by atoms with Gasteiger partial charge in [0.2, 0.25) is 0 Å². The summed E-state index contributed by atoms with van der Waals surface area (Å²) in [7, 11) is 3.08. The Kier molecular flexibility index (Phi) is 6.68. The van der Waals surface area contributed by atoms with Crippen LogP contribution in [0, 0.1) is 29.5 Å². The minimum atomic E-state index is -0.448. The van der Waals surface area contributed by atoms with Gasteiger partial charge in [-0.1, -0.05) is 46.9 Å². The van der Waals surface area contributed by atoms with Crippen LogP contribution in [0.5, 0.6) is 11.5 Å². The van der Waals surface area contributed by atoms with Crippen molar-refractivity contribution in [2.45, 2.75) is 0 Å². The summed E-state index contributed by atoms with van der Waals surface area (Å²) >= 11 is 12.2. The van der Waals surface area contributed by atoms with Crippen LogP contribution in [-0.4, -0.2) is 14.2 Å². The Balaban J connectivity index is 1.80. The molecule has 0 unspecified atom stereocenters. The van der Waals surface area contributed by atoms with Gasteiger partial charge in [-0.25, -0.2) is 4.39 Å². The van der Waals surface area contributed by atoms with Crippen molar-refractivity contribution >= 4 is 23.2 Å². The van der Waals surface area contributed by atoms with Gasteiger partial charge < -0.3 is 9.47 Å². The lowest BCUT2D eigenvalue weighted by Gasteiger charge is -2.02. The van der Waals surface area contributed by atoms with Crippen LogP contribution in [0.1, 0.15) is 22.3 Å². The summed E-state index contributed by atoms with van der Waals surface area (Å²) in [5.74, 6) is 12.3. The lowest BCUT2D eigenvalue weighted by molar-refractivity contribution is 0.415. The third-order valence-corrected chi connectivity index (χ3v) is 4.56. The van der Waals surface area contributed by atoms with E-state index in [0.717, 1.165) is 0 Å². The molecule has 3 rings (SSSR count). The third kappa shape index (κ3) is 5.24. The molecule has 3 aromatic rings. The van der Waals surface area contributed by atoms with Gasteiger partial charge >= 0.3 is 0 Å². The average molecular weight is 425 g/mol. The van der Waals surface area contributed by atoms with Crippen molar-refractivity contribution in [3.63, 3.8) is 0 Å². The molecule has 0 aromatic heterocycles. The molecule has 3 aromatic carbocycles. The molecule has 5 heteroatoms. The van der Waals surface area contributed by atoms with E-state index in [2.05, 4.69) is 23.7 Å². The van der Waals surface area contributed by atoms with Gasteiger partial charge in [-0.2, -0.15) is 0 Å². The van der Waals surface area contributed by atoms with Gasteiger partial charge in [0.05, 0.1) is 29.8 Å². The van der Waals surface area contributed by atoms with E-state index in [9.17, 15) is 4.39 Å². The first kappa shape index (κ1) is 20.6. The van der Waals surface area contributed by atoms with E-state index >= 15 is 0 Å². The number of rotatable bonds is 2. The summed E-state index contributed by atoms with van der Waals surface area (Å²) in [6, 6.07) is 15.0. The summed E-state index contributed by atoms with van der Waals surface area (Å²) in [5.41, 5.74) is 2.18. The summed E-state index contributed by atoms with van der Waals surface area (Å²) in [6.45, 7) is 0. The largest absolute Gasteiger partial charge is 0.495 e. The molecule has 2 nitrogen and oxygen atoms in total. The Morgan fingerprint density at radius 1 is 0.655 bits per heavy atom. The molecule has 0 fully saturated rings. The van der Waals surface area contributed by atoms with Crippen LogP contribution in [0.4, 0.5) is 4.39 Å². The smallest absolute Gasteiger partial charge is 0.140 e. The Hall–Kier alpha value is -3.11. The van der Waals surface area contributed by atoms with Crippen LogP contribution in [0.15, 0.2) is 54.6 Å². The molecule has 0 heterocycles. The standard InChI is InChI=1S/C24H15Cl2FO2/c1-28-23-11-7-16(13-20(23)25)3-4-18-6-10-19(22(27)15-18)9-5-17-8-12-24(29-2)21(26)14-17/h6-8,10-15H,1-2H3. The molecular weight excluding hydrogens is 410 g/mol. The number of hydrogen-bond acceptors (Lipinski definition) is 2. The summed E-state index contributed by atoms with van der Waals surface area (Å²) < 4.78 is 24.6. The Morgan fingerprint density at radius 2 is 1.10 bits per heavy atom. The maximum absolute atomic E-state index is 14.4. The highest BCUT2D eigenvalue weighted by Crippen LogP contribution is 2.25. The van der Waals surface area contributed by atoms with Crippen molar-refractivity contribution in [2.24, 2.45) is 0 Å². The van der Waals surface area contributed by atoms with Crippen LogP contribution in [0.3, 0.4) is 0 Å². The first-order valence-electron chi connectivity index (χ1n) is 8.51. The zero-order valence-corrected chi connectivity index (χ0v) is 17.2. The molecule has 0 aliphatic carbocycles. The van der Waals surface area contributed by atoms with Crippen LogP contribution < -0.4 is 9.47 Å². The molecule has 0 aliphatic rings. The first-order chi connectivity index (χ1) is 14.0. The zero-order chi connectivity index (χ0) is 20.8. The molecule has 144 valence electrons. The second kappa shape index (κ2) is 9.39. The van der Waals surface area contributed by atoms with Crippen molar-refractivity contribution in [1.29, 1.82) is 0 Å². The molecule has 0 aliphatic heterocycles. The van der Waals surface area contributed by atoms with E-state index in [1.165, 1.54) is 13.2 Å². The zero-order valence-electron chi connectivity index (χ0n) is 15.6. The van der Waals surface area contributed by atoms with Crippen LogP contribution in [-0.2, 0) is 0 Å². The predicted molar refractivity (Wildman–Crippen MR) is 114 cm³/mol. The van der Waals surface area contributed by atoms with Gasteiger partial charge in [0.15, 0.2) is 0 Å². The van der Waals surface area contributed by atoms with E-state index in [0.29, 0.717) is 38.2 Å². The van der Waals surface area contributed by atoms with E-state index in [-0.39, 0.29) is 5.56 Å². The van der Waals surface area contributed by atoms with Crippen LogP contribution >= 0.6 is 23.2 Å². The molecule has 0 saturated heterocycles. The first-order valence-corrected chi connectivity index (χ1v) is 9.26. The minimum Gasteiger partial charge on any atom is -0.495 e. The van der Waals surface area contributed by atoms with E-state index in [1.807, 2.05) is 0 Å². The fourth-order valence-electron chi connectivity index (χ4n) is 2.47. The molecule has 0 atom stereocenters. The van der Waals surface area contributed by atoms with Crippen molar-refractivity contribution < 1.29 is 13.9 Å². The monoisotopic (exact) mass is 424 g/mol. The molecule has 0 bridgehead atoms. The highest BCUT2D eigenvalue weighted by Gasteiger charge is 2.03. The van der Waals surface area contributed by atoms with Crippen molar-refractivity contribution in [1.82, 2.24) is 0 Å². The van der Waals surface area contributed by atoms with Gasteiger partial charge in [-0.05, 0) is 54.6 Å². The predicted octanol–water partition coefficient (Wildman–Crippen LogP) is 5.95. The van der Waals surface area contributed by atoms with Crippen molar-refractivity contribution in [3.05, 3.63) is 92.7 Å². The summed E-state index contributed by atoms with van der Waals surface area (Å²) in [6.07, 6.45) is 0. The lowest BCUT2D eigenvalue weighted by atomic mass is 10.1. The molecular formula is C24H15Cl2FO2. The van der Waals surface area contributed by atoms with Crippen molar-refractivity contribution in [2.75, 3.05) is 14.2 Å². The molecule has 0 amide bonds. The molecule has 29 heavy (non-hydrogen) atoms. The maximum Gasteiger partial charge on any atom is 0.140 e. The van der Waals surface area contributed by atoms with Gasteiger partial charge in [-0.3, -0.25) is 0 Å². The Labute approximate surface area is 179 Å². The van der Waals surface area contributed by atoms with E-state index in [1.54, 1.807) is 55.6 Å². The fraction of sp³-hybridized carbons (Fsp3) is 0.0833. The van der Waals surface area contributed by atoms with E-state index in [4.69, 9.17) is 32.7 Å². The Morgan fingerprint density at radius 3 is 1.55 bits per heavy atom. The SMILES string of the molecule is COc1ccc(C#Cc2ccc(C#Cc3ccc(OC)c(Cl)c3)c(F)c2)cc1Cl. The number of ether oxygens (including phenoxy) is 2. The Bertz CT molecular complexity index is 1180. The average Bonchev–Trinajstić information content (AvgIpc) is 2.71. The van der Waals surface area contributed by atoms with Gasteiger partial charge in [-0.15, -0.1) is 0 Å². The third-order valence-electron chi connectivity index (χ3n) is 3.97. The highest BCUT2D eigenvalue weighted by molar-refractivity contribution is 6.32. The minimum absolute atomic E-state index is 0.273. The van der Waals surface area contributed by atoms with Gasteiger partial charge in [0.25, 0.3) is 0 Å². The van der Waals surface area contributed by atoms with Gasteiger partial charge in [0.1, 0.15) is 17.3 Å². The maximum atomic E-state index is 14.4. The number of halogens is 3. The fourth-order valence-corrected chi connectivity index (χ4v) is 2.98. The molecule has 0 saturated carbocycles. The second-order valence-corrected chi connectivity index (χ2v) is 6.71. The van der Waals surface area contributed by atoms with Crippen molar-refractivity contribution in [3.8, 4) is 35.2 Å². The van der Waals surface area contributed by atoms with Crippen LogP contribution in [0.25, 0.3) is 0 Å². The number of hydrogen-bond donors (Lipinski definition) is 0. The van der Waals surface area contributed by atoms with Crippen LogP contribution in [0.2, 0.25) is 10.0 Å². The van der Waals surface area contributed by atoms with Gasteiger partial charge in [0, 0.05) is 16.7 Å². The molecule has 0 spiro atoms. The summed E-state index contributed by atoms with van der Waals surface area (Å²) in [4.78, 5) is 0. The quantitative estimate of drug-likeness (QED) is 0.473. The number of benzene rings is 3. The topological polar surface area (TPSA) is 18.5 Å². The highest BCUT2D eigenvalue weighted by atomic mass is 35.5. The molecule has 0 N–H and O–H groups in total. The normalized spacial score (nSPS) is 9.69. The summed E-state index contributed by atoms with van der Waals surface area (Å²) in [5, 5.41) is 0.916. The number of methoxy groups -OCH3 is 2. The second-order valence-electron chi connectivity index (χ2n) is 5.89.